The predicted molar refractivity (Wildman–Crippen MR) is 140 cm³/mol. The van der Waals surface area contributed by atoms with Crippen LogP contribution in [0.2, 0.25) is 0 Å². The monoisotopic (exact) mass is 456 g/mol. The lowest BCUT2D eigenvalue weighted by molar-refractivity contribution is -0.791. The van der Waals surface area contributed by atoms with E-state index in [1.165, 1.54) is 69.4 Å². The Morgan fingerprint density at radius 3 is 1.47 bits per heavy atom. The van der Waals surface area contributed by atoms with Crippen molar-refractivity contribution in [1.29, 1.82) is 0 Å². The molecule has 2 aromatic carbocycles. The summed E-state index contributed by atoms with van der Waals surface area (Å²) in [6.07, 6.45) is 16.2. The number of hydrogen-bond donors (Lipinski definition) is 4. The van der Waals surface area contributed by atoms with Crippen LogP contribution in [-0.4, -0.2) is 24.5 Å². The zero-order valence-electron chi connectivity index (χ0n) is 20.7. The van der Waals surface area contributed by atoms with Crippen LogP contribution in [0, 0.1) is 0 Å². The molecular weight excluding hydrogens is 416 g/mol. The number of allylic oxidation sites excluding steroid dienone is 6. The van der Waals surface area contributed by atoms with Gasteiger partial charge in [0, 0.05) is 26.0 Å². The molecule has 2 heterocycles. The molecule has 2 aliphatic heterocycles. The summed E-state index contributed by atoms with van der Waals surface area (Å²) < 4.78 is 0. The summed E-state index contributed by atoms with van der Waals surface area (Å²) in [5, 5.41) is 12.5. The lowest BCUT2D eigenvalue weighted by Crippen LogP contribution is -3.06. The Hall–Kier alpha value is -3.08. The maximum atomic E-state index is 6.23. The van der Waals surface area contributed by atoms with Crippen LogP contribution >= 0.6 is 0 Å². The first-order valence-corrected chi connectivity index (χ1v) is 12.7. The van der Waals surface area contributed by atoms with Gasteiger partial charge in [-0.2, -0.15) is 0 Å². The number of hydrogen-bond acceptors (Lipinski definition) is 0. The largest absolute Gasteiger partial charge is 0.273 e. The summed E-state index contributed by atoms with van der Waals surface area (Å²) in [7, 11) is 0. The number of para-hydroxylation sites is 2. The highest BCUT2D eigenvalue weighted by Crippen LogP contribution is 2.17. The normalized spacial score (nSPS) is 19.6. The molecule has 0 radical (unpaired) electrons. The molecule has 2 aromatic rings. The molecule has 0 amide bonds. The van der Waals surface area contributed by atoms with Gasteiger partial charge in [0.2, 0.25) is 11.4 Å². The Balaban J connectivity index is 1.14. The minimum atomic E-state index is 0.888. The Morgan fingerprint density at radius 1 is 0.618 bits per heavy atom. The minimum absolute atomic E-state index is 0.888. The molecule has 2 aliphatic rings. The summed E-state index contributed by atoms with van der Waals surface area (Å²) in [4.78, 5) is 2.92. The molecule has 4 rings (SSSR count). The minimum Gasteiger partial charge on any atom is -0.273 e. The van der Waals surface area contributed by atoms with Crippen LogP contribution in [-0.2, 0) is 0 Å². The number of quaternary nitrogens is 2. The first kappa shape index (κ1) is 24.1. The second-order valence-electron chi connectivity index (χ2n) is 9.58. The van der Waals surface area contributed by atoms with Crippen molar-refractivity contribution < 1.29 is 20.6 Å². The topological polar surface area (TPSA) is 60.1 Å². The van der Waals surface area contributed by atoms with Gasteiger partial charge in [0.15, 0.2) is 0 Å². The van der Waals surface area contributed by atoms with E-state index >= 15 is 0 Å². The van der Waals surface area contributed by atoms with E-state index < -0.39 is 0 Å². The summed E-state index contributed by atoms with van der Waals surface area (Å²) >= 11 is 0. The molecule has 6 N–H and O–H groups in total. The average Bonchev–Trinajstić information content (AvgIpc) is 2.83. The lowest BCUT2D eigenvalue weighted by Gasteiger charge is -2.23. The van der Waals surface area contributed by atoms with E-state index in [1.807, 2.05) is 0 Å². The van der Waals surface area contributed by atoms with Crippen LogP contribution in [0.3, 0.4) is 0 Å². The van der Waals surface area contributed by atoms with Gasteiger partial charge < -0.3 is 0 Å². The van der Waals surface area contributed by atoms with Crippen molar-refractivity contribution in [2.45, 2.75) is 52.4 Å². The zero-order chi connectivity index (χ0) is 23.9. The Kier molecular flexibility index (Phi) is 8.04. The van der Waals surface area contributed by atoms with Gasteiger partial charge in [-0.3, -0.25) is 20.6 Å². The van der Waals surface area contributed by atoms with E-state index in [-0.39, 0.29) is 0 Å². The smallest absolute Gasteiger partial charge is 0.215 e. The third-order valence-corrected chi connectivity index (χ3v) is 7.08. The molecule has 2 unspecified atom stereocenters. The fraction of sp³-hybridized carbons (Fsp3) is 0.333. The number of nitrogens with two attached hydrogens (primary N) is 2. The second kappa shape index (κ2) is 11.4. The van der Waals surface area contributed by atoms with Gasteiger partial charge in [-0.15, -0.1) is 0 Å². The molecule has 176 valence electrons. The molecule has 4 nitrogen and oxygen atoms in total. The van der Waals surface area contributed by atoms with Crippen LogP contribution in [0.5, 0.6) is 0 Å². The van der Waals surface area contributed by atoms with Gasteiger partial charge >= 0.3 is 0 Å². The average molecular weight is 457 g/mol. The van der Waals surface area contributed by atoms with Crippen LogP contribution in [0.25, 0.3) is 0 Å². The van der Waals surface area contributed by atoms with E-state index in [0.717, 1.165) is 37.4 Å². The van der Waals surface area contributed by atoms with E-state index in [2.05, 4.69) is 86.7 Å². The third kappa shape index (κ3) is 5.52. The van der Waals surface area contributed by atoms with E-state index in [1.54, 1.807) is 0 Å². The van der Waals surface area contributed by atoms with Gasteiger partial charge in [0.25, 0.3) is 0 Å². The van der Waals surface area contributed by atoms with Crippen molar-refractivity contribution in [3.05, 3.63) is 95.4 Å². The highest BCUT2D eigenvalue weighted by molar-refractivity contribution is 6.08. The first-order valence-electron chi connectivity index (χ1n) is 12.7. The molecule has 0 aliphatic carbocycles. The molecular formula is C30H40N4+4. The molecule has 0 saturated carbocycles. The quantitative estimate of drug-likeness (QED) is 0.307. The van der Waals surface area contributed by atoms with Gasteiger partial charge in [0.1, 0.15) is 33.9 Å². The highest BCUT2D eigenvalue weighted by atomic mass is 15.1. The van der Waals surface area contributed by atoms with Crippen molar-refractivity contribution in [3.8, 4) is 0 Å². The number of benzene rings is 2. The Bertz CT molecular complexity index is 1050. The fourth-order valence-electron chi connectivity index (χ4n) is 5.24. The summed E-state index contributed by atoms with van der Waals surface area (Å²) in [5.74, 6) is 0. The van der Waals surface area contributed by atoms with Gasteiger partial charge in [-0.25, -0.2) is 0 Å². The lowest BCUT2D eigenvalue weighted by atomic mass is 10.0. The molecule has 4 heteroatoms. The van der Waals surface area contributed by atoms with E-state index in [9.17, 15) is 0 Å². The van der Waals surface area contributed by atoms with Crippen molar-refractivity contribution in [2.75, 3.05) is 13.1 Å². The van der Waals surface area contributed by atoms with Crippen molar-refractivity contribution in [1.82, 2.24) is 0 Å². The highest BCUT2D eigenvalue weighted by Gasteiger charge is 2.28. The summed E-state index contributed by atoms with van der Waals surface area (Å²) in [6, 6.07) is 17.1. The summed E-state index contributed by atoms with van der Waals surface area (Å²) in [5.41, 5.74) is 9.42. The first-order chi connectivity index (χ1) is 16.6. The van der Waals surface area contributed by atoms with Crippen molar-refractivity contribution >= 4 is 22.8 Å². The number of unbranched alkanes of at least 4 members (excludes halogenated alkanes) is 4. The predicted octanol–water partition coefficient (Wildman–Crippen LogP) is 1.25. The van der Waals surface area contributed by atoms with Gasteiger partial charge in [-0.05, 0) is 50.7 Å². The third-order valence-electron chi connectivity index (χ3n) is 7.08. The molecule has 2 atom stereocenters. The van der Waals surface area contributed by atoms with Crippen LogP contribution in [0.4, 0.5) is 11.4 Å². The van der Waals surface area contributed by atoms with E-state index in [4.69, 9.17) is 10.8 Å². The summed E-state index contributed by atoms with van der Waals surface area (Å²) in [6.45, 7) is 6.62. The standard InChI is InChI=1S/C30H36N4/c1-23-21-27(31)25-15-9-11-17-29(25)33(23)19-13-7-5-3-4-6-8-14-20-34-24(2)22-28(32)26-16-10-12-18-30(26)34/h3-4,9-12,15-18,21-22,31-32H,5-8,13-14,19-20H2,1-2H3/p+4/b4-3-,31-27?,32-28?. The molecule has 0 saturated heterocycles. The molecule has 0 aromatic heterocycles. The van der Waals surface area contributed by atoms with Crippen molar-refractivity contribution in [2.24, 2.45) is 0 Å². The SMILES string of the molecule is CC1=CC(=[NH2+])c2ccccc2[NH+]1CCCC/C=C\CCCC[NH+]1C(C)=CC(=[NH2+])c2ccccc21. The fourth-order valence-corrected chi connectivity index (χ4v) is 5.24. The Morgan fingerprint density at radius 2 is 1.03 bits per heavy atom. The zero-order valence-corrected chi connectivity index (χ0v) is 20.7. The Labute approximate surface area is 204 Å². The van der Waals surface area contributed by atoms with Crippen LogP contribution in [0.15, 0.2) is 84.2 Å². The second-order valence-corrected chi connectivity index (χ2v) is 9.58. The van der Waals surface area contributed by atoms with Crippen molar-refractivity contribution in [3.63, 3.8) is 0 Å². The molecule has 0 spiro atoms. The maximum absolute atomic E-state index is 6.23. The van der Waals surface area contributed by atoms with Crippen LogP contribution in [0.1, 0.15) is 63.5 Å². The number of fused-ring (bicyclic) bond motifs is 2. The number of rotatable bonds is 10. The maximum Gasteiger partial charge on any atom is 0.215 e. The molecule has 0 fully saturated rings. The van der Waals surface area contributed by atoms with E-state index in [0.29, 0.717) is 0 Å². The molecule has 34 heavy (non-hydrogen) atoms. The van der Waals surface area contributed by atoms with Crippen LogP contribution < -0.4 is 20.6 Å². The van der Waals surface area contributed by atoms with Gasteiger partial charge in [-0.1, -0.05) is 36.4 Å². The number of nitrogens with one attached hydrogen (secondary N) is 2. The molecule has 0 bridgehead atoms. The van der Waals surface area contributed by atoms with Gasteiger partial charge in [0.05, 0.1) is 25.2 Å².